The summed E-state index contributed by atoms with van der Waals surface area (Å²) in [7, 11) is 1.70. The SMILES string of the molecule is COc1ccc(C=NN=C(N)SCc2ccccc2)cc1CN1CCOCC1. The van der Waals surface area contributed by atoms with Gasteiger partial charge in [-0.3, -0.25) is 4.90 Å². The molecule has 0 saturated carbocycles. The van der Waals surface area contributed by atoms with Crippen LogP contribution in [0.1, 0.15) is 16.7 Å². The number of nitrogens with zero attached hydrogens (tertiary/aromatic N) is 3. The van der Waals surface area contributed by atoms with Gasteiger partial charge in [-0.05, 0) is 29.3 Å². The molecule has 0 radical (unpaired) electrons. The first-order valence-electron chi connectivity index (χ1n) is 9.25. The Hall–Kier alpha value is -2.35. The van der Waals surface area contributed by atoms with Crippen molar-refractivity contribution in [3.63, 3.8) is 0 Å². The zero-order valence-corrected chi connectivity index (χ0v) is 16.9. The van der Waals surface area contributed by atoms with Gasteiger partial charge in [-0.25, -0.2) is 0 Å². The van der Waals surface area contributed by atoms with Crippen LogP contribution in [0.2, 0.25) is 0 Å². The highest BCUT2D eigenvalue weighted by molar-refractivity contribution is 8.13. The van der Waals surface area contributed by atoms with E-state index in [-0.39, 0.29) is 0 Å². The average molecular weight is 399 g/mol. The van der Waals surface area contributed by atoms with Gasteiger partial charge in [0.1, 0.15) is 5.75 Å². The number of methoxy groups -OCH3 is 1. The third-order valence-electron chi connectivity index (χ3n) is 4.39. The molecule has 0 atom stereocenters. The molecule has 0 amide bonds. The van der Waals surface area contributed by atoms with E-state index < -0.39 is 0 Å². The van der Waals surface area contributed by atoms with Crippen molar-refractivity contribution in [2.75, 3.05) is 33.4 Å². The molecule has 1 aliphatic heterocycles. The predicted octanol–water partition coefficient (Wildman–Crippen LogP) is 3.11. The van der Waals surface area contributed by atoms with E-state index >= 15 is 0 Å². The van der Waals surface area contributed by atoms with Crippen LogP contribution >= 0.6 is 11.8 Å². The van der Waals surface area contributed by atoms with Gasteiger partial charge >= 0.3 is 0 Å². The van der Waals surface area contributed by atoms with Gasteiger partial charge < -0.3 is 15.2 Å². The number of amidine groups is 1. The molecule has 2 N–H and O–H groups in total. The van der Waals surface area contributed by atoms with E-state index in [4.69, 9.17) is 15.2 Å². The first kappa shape index (κ1) is 20.4. The number of thioether (sulfide) groups is 1. The summed E-state index contributed by atoms with van der Waals surface area (Å²) in [5, 5.41) is 8.68. The van der Waals surface area contributed by atoms with Gasteiger partial charge in [0.05, 0.1) is 26.5 Å². The lowest BCUT2D eigenvalue weighted by molar-refractivity contribution is 0.0339. The minimum Gasteiger partial charge on any atom is -0.496 e. The van der Waals surface area contributed by atoms with Gasteiger partial charge in [0.15, 0.2) is 5.17 Å². The van der Waals surface area contributed by atoms with Crippen LogP contribution in [0, 0.1) is 0 Å². The predicted molar refractivity (Wildman–Crippen MR) is 116 cm³/mol. The maximum atomic E-state index is 5.95. The fourth-order valence-corrected chi connectivity index (χ4v) is 3.53. The number of hydrogen-bond acceptors (Lipinski definition) is 6. The molecule has 0 aliphatic carbocycles. The smallest absolute Gasteiger partial charge is 0.180 e. The second-order valence-corrected chi connectivity index (χ2v) is 7.41. The third kappa shape index (κ3) is 6.37. The zero-order valence-electron chi connectivity index (χ0n) is 16.1. The maximum Gasteiger partial charge on any atom is 0.180 e. The Morgan fingerprint density at radius 1 is 1.21 bits per heavy atom. The van der Waals surface area contributed by atoms with Crippen LogP contribution in [0.25, 0.3) is 0 Å². The summed E-state index contributed by atoms with van der Waals surface area (Å²) < 4.78 is 10.9. The van der Waals surface area contributed by atoms with Crippen LogP contribution in [-0.4, -0.2) is 49.7 Å². The van der Waals surface area contributed by atoms with Crippen molar-refractivity contribution >= 4 is 23.1 Å². The Balaban J connectivity index is 1.60. The Bertz CT molecular complexity index is 805. The Labute approximate surface area is 170 Å². The molecular weight excluding hydrogens is 372 g/mol. The summed E-state index contributed by atoms with van der Waals surface area (Å²) in [6, 6.07) is 16.2. The quantitative estimate of drug-likeness (QED) is 0.441. The van der Waals surface area contributed by atoms with E-state index in [9.17, 15) is 0 Å². The summed E-state index contributed by atoms with van der Waals surface area (Å²) in [5.41, 5.74) is 9.25. The highest BCUT2D eigenvalue weighted by Gasteiger charge is 2.13. The van der Waals surface area contributed by atoms with Crippen LogP contribution in [0.15, 0.2) is 58.7 Å². The number of nitrogens with two attached hydrogens (primary N) is 1. The molecule has 1 heterocycles. The second-order valence-electron chi connectivity index (χ2n) is 6.42. The number of hydrogen-bond donors (Lipinski definition) is 1. The summed E-state index contributed by atoms with van der Waals surface area (Å²) >= 11 is 1.47. The molecule has 1 fully saturated rings. The molecule has 6 nitrogen and oxygen atoms in total. The van der Waals surface area contributed by atoms with Gasteiger partial charge in [-0.15, -0.1) is 5.10 Å². The van der Waals surface area contributed by atoms with Crippen molar-refractivity contribution in [2.45, 2.75) is 12.3 Å². The molecule has 0 aromatic heterocycles. The van der Waals surface area contributed by atoms with Gasteiger partial charge in [0.25, 0.3) is 0 Å². The standard InChI is InChI=1S/C21H26N4O2S/c1-26-20-8-7-18(13-19(20)15-25-9-11-27-12-10-25)14-23-24-21(22)28-16-17-5-3-2-4-6-17/h2-8,13-14H,9-12,15-16H2,1H3,(H2,22,24). The Morgan fingerprint density at radius 2 is 2.00 bits per heavy atom. The molecule has 0 unspecified atom stereocenters. The summed E-state index contributed by atoms with van der Waals surface area (Å²) in [4.78, 5) is 2.36. The lowest BCUT2D eigenvalue weighted by atomic mass is 10.1. The van der Waals surface area contributed by atoms with E-state index in [1.54, 1.807) is 13.3 Å². The third-order valence-corrected chi connectivity index (χ3v) is 5.25. The first-order chi connectivity index (χ1) is 13.7. The first-order valence-corrected chi connectivity index (χ1v) is 10.2. The van der Waals surface area contributed by atoms with Crippen molar-refractivity contribution < 1.29 is 9.47 Å². The molecule has 1 saturated heterocycles. The second kappa shape index (κ2) is 10.8. The van der Waals surface area contributed by atoms with E-state index in [0.717, 1.165) is 55.5 Å². The van der Waals surface area contributed by atoms with Crippen LogP contribution < -0.4 is 10.5 Å². The lowest BCUT2D eigenvalue weighted by Gasteiger charge is -2.27. The maximum absolute atomic E-state index is 5.95. The number of ether oxygens (including phenoxy) is 2. The highest BCUT2D eigenvalue weighted by atomic mass is 32.2. The van der Waals surface area contributed by atoms with Gasteiger partial charge in [0.2, 0.25) is 0 Å². The van der Waals surface area contributed by atoms with Crippen molar-refractivity contribution in [3.05, 3.63) is 65.2 Å². The average Bonchev–Trinajstić information content (AvgIpc) is 2.74. The minimum absolute atomic E-state index is 0.446. The van der Waals surface area contributed by atoms with Crippen molar-refractivity contribution in [1.29, 1.82) is 0 Å². The molecule has 2 aromatic carbocycles. The van der Waals surface area contributed by atoms with Gasteiger partial charge in [-0.2, -0.15) is 5.10 Å². The molecule has 2 aromatic rings. The van der Waals surface area contributed by atoms with Crippen LogP contribution in [0.4, 0.5) is 0 Å². The molecule has 0 bridgehead atoms. The lowest BCUT2D eigenvalue weighted by Crippen LogP contribution is -2.35. The monoisotopic (exact) mass is 398 g/mol. The summed E-state index contributed by atoms with van der Waals surface area (Å²) in [5.74, 6) is 1.66. The fraction of sp³-hybridized carbons (Fsp3) is 0.333. The molecule has 3 rings (SSSR count). The van der Waals surface area contributed by atoms with E-state index in [2.05, 4.69) is 33.3 Å². The van der Waals surface area contributed by atoms with Gasteiger partial charge in [-0.1, -0.05) is 42.1 Å². The largest absolute Gasteiger partial charge is 0.496 e. The van der Waals surface area contributed by atoms with E-state index in [1.165, 1.54) is 17.3 Å². The number of morpholine rings is 1. The topological polar surface area (TPSA) is 72.4 Å². The van der Waals surface area contributed by atoms with Gasteiger partial charge in [0, 0.05) is 31.0 Å². The molecule has 148 valence electrons. The number of benzene rings is 2. The van der Waals surface area contributed by atoms with Crippen LogP contribution in [0.5, 0.6) is 5.75 Å². The molecule has 7 heteroatoms. The zero-order chi connectivity index (χ0) is 19.6. The van der Waals surface area contributed by atoms with E-state index in [0.29, 0.717) is 5.17 Å². The number of rotatable bonds is 7. The molecule has 28 heavy (non-hydrogen) atoms. The summed E-state index contributed by atoms with van der Waals surface area (Å²) in [6.07, 6.45) is 1.72. The molecular formula is C21H26N4O2S. The van der Waals surface area contributed by atoms with E-state index in [1.807, 2.05) is 30.3 Å². The van der Waals surface area contributed by atoms with Crippen LogP contribution in [-0.2, 0) is 17.0 Å². The summed E-state index contributed by atoms with van der Waals surface area (Å²) in [6.45, 7) is 4.24. The minimum atomic E-state index is 0.446. The normalized spacial score (nSPS) is 15.8. The highest BCUT2D eigenvalue weighted by Crippen LogP contribution is 2.21. The van der Waals surface area contributed by atoms with Crippen molar-refractivity contribution in [1.82, 2.24) is 4.90 Å². The fourth-order valence-electron chi connectivity index (χ4n) is 2.92. The van der Waals surface area contributed by atoms with Crippen LogP contribution in [0.3, 0.4) is 0 Å². The van der Waals surface area contributed by atoms with Crippen molar-refractivity contribution in [2.24, 2.45) is 15.9 Å². The Morgan fingerprint density at radius 3 is 2.75 bits per heavy atom. The Kier molecular flexibility index (Phi) is 7.90. The van der Waals surface area contributed by atoms with Crippen molar-refractivity contribution in [3.8, 4) is 5.75 Å². The molecule has 0 spiro atoms. The molecule has 1 aliphatic rings.